The summed E-state index contributed by atoms with van der Waals surface area (Å²) >= 11 is 0. The number of hydrogen-bond acceptors (Lipinski definition) is 3. The van der Waals surface area contributed by atoms with Gasteiger partial charge in [0.05, 0.1) is 12.7 Å². The molecule has 0 radical (unpaired) electrons. The third kappa shape index (κ3) is 5.89. The first-order valence-corrected chi connectivity index (χ1v) is 10.2. The third-order valence-electron chi connectivity index (χ3n) is 5.54. The Morgan fingerprint density at radius 1 is 1.00 bits per heavy atom. The molecule has 1 fully saturated rings. The molecule has 154 valence electrons. The first-order valence-electron chi connectivity index (χ1n) is 10.2. The summed E-state index contributed by atoms with van der Waals surface area (Å²) in [5.74, 6) is -0.425. The average molecular weight is 398 g/mol. The fraction of sp³-hybridized carbons (Fsp3) is 0.391. The van der Waals surface area contributed by atoms with Gasteiger partial charge in [-0.1, -0.05) is 35.9 Å². The summed E-state index contributed by atoms with van der Waals surface area (Å²) in [7, 11) is 1.35. The average Bonchev–Trinajstić information content (AvgIpc) is 2.70. The van der Waals surface area contributed by atoms with Gasteiger partial charge in [-0.25, -0.2) is 4.79 Å². The summed E-state index contributed by atoms with van der Waals surface area (Å²) in [6.45, 7) is 9.62. The highest BCUT2D eigenvalue weighted by molar-refractivity contribution is 5.95. The summed E-state index contributed by atoms with van der Waals surface area (Å²) in [4.78, 5) is 27.1. The summed E-state index contributed by atoms with van der Waals surface area (Å²) in [5, 5.41) is 2.96. The van der Waals surface area contributed by atoms with Crippen LogP contribution in [0.2, 0.25) is 0 Å². The minimum absolute atomic E-state index is 0.0211. The summed E-state index contributed by atoms with van der Waals surface area (Å²) < 4.78 is 4.76. The lowest BCUT2D eigenvalue weighted by molar-refractivity contribution is -1.02. The van der Waals surface area contributed by atoms with Crippen LogP contribution in [0.5, 0.6) is 0 Å². The monoisotopic (exact) mass is 397 g/mol. The third-order valence-corrected chi connectivity index (χ3v) is 5.54. The number of anilines is 1. The molecule has 0 bridgehead atoms. The second-order valence-electron chi connectivity index (χ2n) is 7.91. The summed E-state index contributed by atoms with van der Waals surface area (Å²) in [6.07, 6.45) is 0. The SMILES string of the molecule is COC(=O)c1ccc(C)c(NC(=O)C[NH+]2CC[NH+](Cc3cccc(C)c3)CC2)c1. The molecule has 1 saturated heterocycles. The van der Waals surface area contributed by atoms with Crippen LogP contribution >= 0.6 is 0 Å². The lowest BCUT2D eigenvalue weighted by Gasteiger charge is -2.29. The highest BCUT2D eigenvalue weighted by Crippen LogP contribution is 2.17. The van der Waals surface area contributed by atoms with Gasteiger partial charge in [-0.15, -0.1) is 0 Å². The molecule has 3 N–H and O–H groups in total. The Morgan fingerprint density at radius 3 is 2.41 bits per heavy atom. The van der Waals surface area contributed by atoms with Gasteiger partial charge in [0, 0.05) is 11.3 Å². The number of rotatable bonds is 6. The molecule has 0 atom stereocenters. The zero-order chi connectivity index (χ0) is 20.8. The Kier molecular flexibility index (Phi) is 7.01. The molecule has 6 heteroatoms. The van der Waals surface area contributed by atoms with Gasteiger partial charge in [0.15, 0.2) is 6.54 Å². The Bertz CT molecular complexity index is 873. The van der Waals surface area contributed by atoms with Crippen molar-refractivity contribution in [1.29, 1.82) is 0 Å². The molecule has 6 nitrogen and oxygen atoms in total. The number of hydrogen-bond donors (Lipinski definition) is 3. The molecule has 1 amide bonds. The van der Waals surface area contributed by atoms with Crippen molar-refractivity contribution in [3.05, 3.63) is 64.7 Å². The largest absolute Gasteiger partial charge is 0.465 e. The molecule has 3 rings (SSSR count). The number of ether oxygens (including phenoxy) is 1. The van der Waals surface area contributed by atoms with Gasteiger partial charge in [-0.2, -0.15) is 0 Å². The maximum absolute atomic E-state index is 12.5. The van der Waals surface area contributed by atoms with E-state index in [0.29, 0.717) is 17.8 Å². The van der Waals surface area contributed by atoms with Crippen molar-refractivity contribution in [3.8, 4) is 0 Å². The normalized spacial score (nSPS) is 18.9. The van der Waals surface area contributed by atoms with Gasteiger partial charge in [-0.05, 0) is 31.5 Å². The Hall–Kier alpha value is -2.70. The van der Waals surface area contributed by atoms with E-state index in [2.05, 4.69) is 36.5 Å². The molecule has 0 spiro atoms. The topological polar surface area (TPSA) is 64.3 Å². The fourth-order valence-corrected chi connectivity index (χ4v) is 3.84. The van der Waals surface area contributed by atoms with E-state index in [4.69, 9.17) is 4.74 Å². The van der Waals surface area contributed by atoms with Crippen LogP contribution in [0.15, 0.2) is 42.5 Å². The summed E-state index contributed by atoms with van der Waals surface area (Å²) in [5.41, 5.74) is 4.71. The van der Waals surface area contributed by atoms with Crippen LogP contribution < -0.4 is 15.1 Å². The molecule has 1 aliphatic rings. The lowest BCUT2D eigenvalue weighted by atomic mass is 10.1. The van der Waals surface area contributed by atoms with E-state index in [1.807, 2.05) is 13.0 Å². The molecule has 0 aromatic heterocycles. The molecule has 1 aliphatic heterocycles. The number of piperazine rings is 1. The van der Waals surface area contributed by atoms with Crippen molar-refractivity contribution in [2.75, 3.05) is 45.2 Å². The van der Waals surface area contributed by atoms with Crippen LogP contribution in [-0.4, -0.2) is 51.7 Å². The van der Waals surface area contributed by atoms with Crippen molar-refractivity contribution in [1.82, 2.24) is 0 Å². The predicted molar refractivity (Wildman–Crippen MR) is 112 cm³/mol. The minimum atomic E-state index is -0.404. The van der Waals surface area contributed by atoms with E-state index in [0.717, 1.165) is 38.3 Å². The van der Waals surface area contributed by atoms with Crippen molar-refractivity contribution >= 4 is 17.6 Å². The zero-order valence-corrected chi connectivity index (χ0v) is 17.5. The van der Waals surface area contributed by atoms with Crippen LogP contribution in [0.1, 0.15) is 27.0 Å². The van der Waals surface area contributed by atoms with Gasteiger partial charge in [-0.3, -0.25) is 4.79 Å². The van der Waals surface area contributed by atoms with E-state index in [1.54, 1.807) is 17.0 Å². The van der Waals surface area contributed by atoms with Gasteiger partial charge >= 0.3 is 5.97 Å². The van der Waals surface area contributed by atoms with E-state index < -0.39 is 5.97 Å². The standard InChI is InChI=1S/C23H29N3O3/c1-17-5-4-6-19(13-17)15-25-9-11-26(12-10-25)16-22(27)24-21-14-20(23(28)29-3)8-7-18(21)2/h4-8,13-14H,9-12,15-16H2,1-3H3,(H,24,27)/p+2. The first kappa shape index (κ1) is 21.0. The van der Waals surface area contributed by atoms with Gasteiger partial charge in [0.2, 0.25) is 0 Å². The molecule has 0 saturated carbocycles. The maximum atomic E-state index is 12.5. The molecule has 1 heterocycles. The maximum Gasteiger partial charge on any atom is 0.337 e. The highest BCUT2D eigenvalue weighted by atomic mass is 16.5. The fourth-order valence-electron chi connectivity index (χ4n) is 3.84. The lowest BCUT2D eigenvalue weighted by Crippen LogP contribution is -3.28. The van der Waals surface area contributed by atoms with Crippen LogP contribution in [-0.2, 0) is 16.1 Å². The van der Waals surface area contributed by atoms with E-state index >= 15 is 0 Å². The Labute approximate surface area is 172 Å². The molecular weight excluding hydrogens is 366 g/mol. The van der Waals surface area contributed by atoms with Crippen molar-refractivity contribution in [2.45, 2.75) is 20.4 Å². The zero-order valence-electron chi connectivity index (χ0n) is 17.5. The smallest absolute Gasteiger partial charge is 0.337 e. The molecular formula is C23H31N3O3+2. The van der Waals surface area contributed by atoms with Gasteiger partial charge in [0.25, 0.3) is 5.91 Å². The second kappa shape index (κ2) is 9.67. The van der Waals surface area contributed by atoms with Crippen molar-refractivity contribution in [3.63, 3.8) is 0 Å². The minimum Gasteiger partial charge on any atom is -0.465 e. The number of carbonyl (C=O) groups is 2. The molecule has 0 unspecified atom stereocenters. The van der Waals surface area contributed by atoms with Gasteiger partial charge in [0.1, 0.15) is 32.7 Å². The van der Waals surface area contributed by atoms with E-state index in [9.17, 15) is 9.59 Å². The number of amides is 1. The van der Waals surface area contributed by atoms with E-state index in [1.165, 1.54) is 23.1 Å². The predicted octanol–water partition coefficient (Wildman–Crippen LogP) is 0.0121. The molecule has 2 aromatic rings. The number of aryl methyl sites for hydroxylation is 2. The van der Waals surface area contributed by atoms with Crippen LogP contribution in [0.3, 0.4) is 0 Å². The van der Waals surface area contributed by atoms with Crippen molar-refractivity contribution < 1.29 is 24.1 Å². The first-order chi connectivity index (χ1) is 13.9. The van der Waals surface area contributed by atoms with Crippen LogP contribution in [0.4, 0.5) is 5.69 Å². The molecule has 29 heavy (non-hydrogen) atoms. The quantitative estimate of drug-likeness (QED) is 0.602. The van der Waals surface area contributed by atoms with E-state index in [-0.39, 0.29) is 5.91 Å². The number of benzene rings is 2. The van der Waals surface area contributed by atoms with Crippen molar-refractivity contribution in [2.24, 2.45) is 0 Å². The Morgan fingerprint density at radius 2 is 1.72 bits per heavy atom. The van der Waals surface area contributed by atoms with Crippen LogP contribution in [0.25, 0.3) is 0 Å². The number of quaternary nitrogens is 2. The Balaban J connectivity index is 1.49. The number of nitrogens with one attached hydrogen (secondary N) is 3. The number of carbonyl (C=O) groups excluding carboxylic acids is 2. The number of methoxy groups -OCH3 is 1. The van der Waals surface area contributed by atoms with Gasteiger partial charge < -0.3 is 19.9 Å². The number of esters is 1. The second-order valence-corrected chi connectivity index (χ2v) is 7.91. The molecule has 0 aliphatic carbocycles. The highest BCUT2D eigenvalue weighted by Gasteiger charge is 2.25. The summed E-state index contributed by atoms with van der Waals surface area (Å²) in [6, 6.07) is 13.9. The molecule has 2 aromatic carbocycles. The van der Waals surface area contributed by atoms with Crippen LogP contribution in [0, 0.1) is 13.8 Å².